The molecule has 2 rings (SSSR count). The van der Waals surface area contributed by atoms with E-state index in [9.17, 15) is 4.79 Å². The Morgan fingerprint density at radius 1 is 1.22 bits per heavy atom. The van der Waals surface area contributed by atoms with E-state index in [0.717, 1.165) is 17.5 Å². The van der Waals surface area contributed by atoms with E-state index in [0.29, 0.717) is 11.4 Å². The number of halogens is 1. The number of carbonyl (C=O) groups is 1. The number of pyridine rings is 1. The van der Waals surface area contributed by atoms with Gasteiger partial charge < -0.3 is 5.11 Å². The number of rotatable bonds is 4. The second-order valence-electron chi connectivity index (χ2n) is 3.95. The highest BCUT2D eigenvalue weighted by Crippen LogP contribution is 2.14. The zero-order valence-electron chi connectivity index (χ0n) is 9.64. The topological polar surface area (TPSA) is 50.2 Å². The third-order valence-corrected chi connectivity index (χ3v) is 2.90. The van der Waals surface area contributed by atoms with Gasteiger partial charge >= 0.3 is 5.97 Å². The number of aromatic carboxylic acids is 1. The van der Waals surface area contributed by atoms with Crippen molar-refractivity contribution in [2.24, 2.45) is 0 Å². The highest BCUT2D eigenvalue weighted by Gasteiger charge is 2.10. The SMILES string of the molecule is O=C(O)c1ncccc1CCc1cccc(Cl)c1. The molecule has 1 aromatic carbocycles. The minimum Gasteiger partial charge on any atom is -0.477 e. The molecule has 2 aromatic rings. The Kier molecular flexibility index (Phi) is 3.95. The fraction of sp³-hybridized carbons (Fsp3) is 0.143. The molecule has 18 heavy (non-hydrogen) atoms. The molecule has 0 aliphatic rings. The lowest BCUT2D eigenvalue weighted by molar-refractivity contribution is 0.0689. The second-order valence-corrected chi connectivity index (χ2v) is 4.38. The minimum absolute atomic E-state index is 0.125. The molecule has 1 aromatic heterocycles. The van der Waals surface area contributed by atoms with Crippen LogP contribution >= 0.6 is 11.6 Å². The molecule has 4 heteroatoms. The van der Waals surface area contributed by atoms with Crippen molar-refractivity contribution in [3.05, 3.63) is 64.4 Å². The molecule has 0 aliphatic heterocycles. The Morgan fingerprint density at radius 2 is 2.06 bits per heavy atom. The number of aromatic nitrogens is 1. The standard InChI is InChI=1S/C14H12ClNO2/c15-12-5-1-3-10(9-12)6-7-11-4-2-8-16-13(11)14(17)18/h1-5,8-9H,6-7H2,(H,17,18). The van der Waals surface area contributed by atoms with Crippen molar-refractivity contribution < 1.29 is 9.90 Å². The maximum absolute atomic E-state index is 11.0. The number of hydrogen-bond acceptors (Lipinski definition) is 2. The molecule has 0 unspecified atom stereocenters. The third-order valence-electron chi connectivity index (χ3n) is 2.67. The molecule has 0 radical (unpaired) electrons. The van der Waals surface area contributed by atoms with Crippen LogP contribution in [-0.4, -0.2) is 16.1 Å². The second kappa shape index (κ2) is 5.65. The molecule has 0 aliphatic carbocycles. The smallest absolute Gasteiger partial charge is 0.354 e. The van der Waals surface area contributed by atoms with E-state index in [1.807, 2.05) is 24.3 Å². The summed E-state index contributed by atoms with van der Waals surface area (Å²) in [6, 6.07) is 11.1. The van der Waals surface area contributed by atoms with Crippen LogP contribution in [0, 0.1) is 0 Å². The van der Waals surface area contributed by atoms with E-state index >= 15 is 0 Å². The van der Waals surface area contributed by atoms with Gasteiger partial charge in [0.25, 0.3) is 0 Å². The fourth-order valence-corrected chi connectivity index (χ4v) is 2.02. The lowest BCUT2D eigenvalue weighted by Crippen LogP contribution is -2.06. The molecule has 3 nitrogen and oxygen atoms in total. The molecule has 0 atom stereocenters. The predicted molar refractivity (Wildman–Crippen MR) is 70.1 cm³/mol. The summed E-state index contributed by atoms with van der Waals surface area (Å²) in [7, 11) is 0. The Hall–Kier alpha value is -1.87. The van der Waals surface area contributed by atoms with Gasteiger partial charge in [0.15, 0.2) is 5.69 Å². The number of nitrogens with zero attached hydrogens (tertiary/aromatic N) is 1. The number of hydrogen-bond donors (Lipinski definition) is 1. The molecule has 0 saturated carbocycles. The summed E-state index contributed by atoms with van der Waals surface area (Å²) in [6.07, 6.45) is 2.87. The molecule has 0 fully saturated rings. The lowest BCUT2D eigenvalue weighted by Gasteiger charge is -2.05. The maximum atomic E-state index is 11.0. The number of aryl methyl sites for hydroxylation is 2. The molecular formula is C14H12ClNO2. The van der Waals surface area contributed by atoms with Crippen molar-refractivity contribution in [1.82, 2.24) is 4.98 Å². The van der Waals surface area contributed by atoms with Gasteiger partial charge in [0.1, 0.15) is 0 Å². The molecule has 0 amide bonds. The zero-order chi connectivity index (χ0) is 13.0. The van der Waals surface area contributed by atoms with Crippen LogP contribution in [-0.2, 0) is 12.8 Å². The quantitative estimate of drug-likeness (QED) is 0.919. The van der Waals surface area contributed by atoms with Gasteiger partial charge in [-0.05, 0) is 42.2 Å². The first-order chi connectivity index (χ1) is 8.66. The molecule has 1 N–H and O–H groups in total. The average Bonchev–Trinajstić information content (AvgIpc) is 2.37. The predicted octanol–water partition coefficient (Wildman–Crippen LogP) is 3.22. The first-order valence-corrected chi connectivity index (χ1v) is 5.96. The minimum atomic E-state index is -0.989. The van der Waals surface area contributed by atoms with Gasteiger partial charge in [-0.2, -0.15) is 0 Å². The van der Waals surface area contributed by atoms with Crippen molar-refractivity contribution in [3.63, 3.8) is 0 Å². The molecule has 1 heterocycles. The molecule has 92 valence electrons. The van der Waals surface area contributed by atoms with E-state index in [-0.39, 0.29) is 5.69 Å². The molecule has 0 spiro atoms. The first kappa shape index (κ1) is 12.6. The first-order valence-electron chi connectivity index (χ1n) is 5.58. The monoisotopic (exact) mass is 261 g/mol. The summed E-state index contributed by atoms with van der Waals surface area (Å²) in [5.74, 6) is -0.989. The van der Waals surface area contributed by atoms with Gasteiger partial charge in [-0.15, -0.1) is 0 Å². The highest BCUT2D eigenvalue weighted by atomic mass is 35.5. The van der Waals surface area contributed by atoms with E-state index in [2.05, 4.69) is 4.98 Å². The number of carboxylic acid groups (broad SMARTS) is 1. The van der Waals surface area contributed by atoms with Crippen LogP contribution in [0.5, 0.6) is 0 Å². The normalized spacial score (nSPS) is 10.3. The van der Waals surface area contributed by atoms with E-state index in [1.165, 1.54) is 6.20 Å². The van der Waals surface area contributed by atoms with Crippen LogP contribution in [0.25, 0.3) is 0 Å². The zero-order valence-corrected chi connectivity index (χ0v) is 10.4. The summed E-state index contributed by atoms with van der Waals surface area (Å²) in [5, 5.41) is 9.72. The van der Waals surface area contributed by atoms with Crippen molar-refractivity contribution in [1.29, 1.82) is 0 Å². The van der Waals surface area contributed by atoms with Crippen LogP contribution in [0.1, 0.15) is 21.6 Å². The van der Waals surface area contributed by atoms with Crippen LogP contribution in [0.3, 0.4) is 0 Å². The Bertz CT molecular complexity index is 569. The van der Waals surface area contributed by atoms with Crippen molar-refractivity contribution in [2.45, 2.75) is 12.8 Å². The van der Waals surface area contributed by atoms with Gasteiger partial charge in [0.2, 0.25) is 0 Å². The Labute approximate surface area is 110 Å². The van der Waals surface area contributed by atoms with Crippen LogP contribution in [0.15, 0.2) is 42.6 Å². The number of benzene rings is 1. The molecule has 0 bridgehead atoms. The summed E-state index contributed by atoms with van der Waals surface area (Å²) in [6.45, 7) is 0. The largest absolute Gasteiger partial charge is 0.477 e. The molecule has 0 saturated heterocycles. The average molecular weight is 262 g/mol. The maximum Gasteiger partial charge on any atom is 0.354 e. The third kappa shape index (κ3) is 3.08. The van der Waals surface area contributed by atoms with Gasteiger partial charge in [-0.25, -0.2) is 9.78 Å². The van der Waals surface area contributed by atoms with Crippen molar-refractivity contribution >= 4 is 17.6 Å². The van der Waals surface area contributed by atoms with Gasteiger partial charge in [0.05, 0.1) is 0 Å². The Morgan fingerprint density at radius 3 is 2.78 bits per heavy atom. The highest BCUT2D eigenvalue weighted by molar-refractivity contribution is 6.30. The summed E-state index contributed by atoms with van der Waals surface area (Å²) in [4.78, 5) is 14.9. The van der Waals surface area contributed by atoms with Crippen molar-refractivity contribution in [3.8, 4) is 0 Å². The van der Waals surface area contributed by atoms with Crippen LogP contribution < -0.4 is 0 Å². The van der Waals surface area contributed by atoms with E-state index in [1.54, 1.807) is 12.1 Å². The van der Waals surface area contributed by atoms with Gasteiger partial charge in [0, 0.05) is 11.2 Å². The van der Waals surface area contributed by atoms with Gasteiger partial charge in [-0.1, -0.05) is 29.8 Å². The summed E-state index contributed by atoms with van der Waals surface area (Å²) < 4.78 is 0. The summed E-state index contributed by atoms with van der Waals surface area (Å²) >= 11 is 5.90. The van der Waals surface area contributed by atoms with Crippen molar-refractivity contribution in [2.75, 3.05) is 0 Å². The van der Waals surface area contributed by atoms with Crippen LogP contribution in [0.4, 0.5) is 0 Å². The fourth-order valence-electron chi connectivity index (χ4n) is 1.80. The lowest BCUT2D eigenvalue weighted by atomic mass is 10.0. The Balaban J connectivity index is 2.13. The summed E-state index contributed by atoms with van der Waals surface area (Å²) in [5.41, 5.74) is 1.95. The molecular weight excluding hydrogens is 250 g/mol. The number of carboxylic acids is 1. The van der Waals surface area contributed by atoms with E-state index in [4.69, 9.17) is 16.7 Å². The van der Waals surface area contributed by atoms with Gasteiger partial charge in [-0.3, -0.25) is 0 Å². The van der Waals surface area contributed by atoms with E-state index < -0.39 is 5.97 Å². The van der Waals surface area contributed by atoms with Crippen LogP contribution in [0.2, 0.25) is 5.02 Å².